The Bertz CT molecular complexity index is 149. The Labute approximate surface area is 94.6 Å². The van der Waals surface area contributed by atoms with E-state index in [2.05, 4.69) is 23.6 Å². The third-order valence-electron chi connectivity index (χ3n) is 3.48. The molecule has 0 atom stereocenters. The van der Waals surface area contributed by atoms with E-state index in [1.165, 1.54) is 58.5 Å². The van der Waals surface area contributed by atoms with Gasteiger partial charge >= 0.3 is 0 Å². The predicted molar refractivity (Wildman–Crippen MR) is 66.1 cm³/mol. The van der Waals surface area contributed by atoms with E-state index < -0.39 is 0 Å². The van der Waals surface area contributed by atoms with Crippen molar-refractivity contribution in [2.45, 2.75) is 39.2 Å². The summed E-state index contributed by atoms with van der Waals surface area (Å²) < 4.78 is 0. The number of hydrogen-bond acceptors (Lipinski definition) is 3. The first kappa shape index (κ1) is 12.9. The van der Waals surface area contributed by atoms with Crippen LogP contribution in [0.4, 0.5) is 0 Å². The van der Waals surface area contributed by atoms with Gasteiger partial charge in [0.2, 0.25) is 0 Å². The van der Waals surface area contributed by atoms with E-state index in [0.717, 1.165) is 0 Å². The fourth-order valence-corrected chi connectivity index (χ4v) is 2.23. The molecule has 90 valence electrons. The molecular weight excluding hydrogens is 186 g/mol. The fraction of sp³-hybridized carbons (Fsp3) is 1.00. The molecule has 0 aromatic carbocycles. The topological polar surface area (TPSA) is 32.5 Å². The molecule has 0 saturated carbocycles. The number of rotatable bonds is 6. The Kier molecular flexibility index (Phi) is 6.22. The van der Waals surface area contributed by atoms with Gasteiger partial charge in [-0.25, -0.2) is 0 Å². The van der Waals surface area contributed by atoms with Gasteiger partial charge in [-0.1, -0.05) is 13.8 Å². The second-order valence-corrected chi connectivity index (χ2v) is 4.56. The molecule has 2 N–H and O–H groups in total. The van der Waals surface area contributed by atoms with Crippen molar-refractivity contribution in [2.24, 2.45) is 5.73 Å². The monoisotopic (exact) mass is 213 g/mol. The van der Waals surface area contributed by atoms with E-state index in [1.807, 2.05) is 0 Å². The maximum atomic E-state index is 5.88. The fourth-order valence-electron chi connectivity index (χ4n) is 2.23. The average molecular weight is 213 g/mol. The summed E-state index contributed by atoms with van der Waals surface area (Å²) in [6, 6.07) is 0.462. The van der Waals surface area contributed by atoms with Crippen molar-refractivity contribution < 1.29 is 0 Å². The van der Waals surface area contributed by atoms with E-state index in [0.29, 0.717) is 6.04 Å². The highest BCUT2D eigenvalue weighted by Gasteiger charge is 2.15. The normalized spacial score (nSPS) is 20.0. The van der Waals surface area contributed by atoms with Crippen LogP contribution in [0.3, 0.4) is 0 Å². The van der Waals surface area contributed by atoms with Gasteiger partial charge in [-0.05, 0) is 58.5 Å². The molecule has 0 radical (unpaired) electrons. The number of piperidine rings is 1. The van der Waals surface area contributed by atoms with Gasteiger partial charge in [0.15, 0.2) is 0 Å². The zero-order valence-corrected chi connectivity index (χ0v) is 10.4. The van der Waals surface area contributed by atoms with Crippen LogP contribution in [-0.2, 0) is 0 Å². The number of nitrogens with two attached hydrogens (primary N) is 1. The molecule has 1 heterocycles. The molecular formula is C12H27N3. The van der Waals surface area contributed by atoms with Crippen LogP contribution in [0.15, 0.2) is 0 Å². The van der Waals surface area contributed by atoms with Crippen molar-refractivity contribution in [2.75, 3.05) is 39.3 Å². The lowest BCUT2D eigenvalue weighted by atomic mass is 10.1. The molecule has 1 saturated heterocycles. The van der Waals surface area contributed by atoms with Crippen LogP contribution in [0, 0.1) is 0 Å². The van der Waals surface area contributed by atoms with Crippen LogP contribution in [0.2, 0.25) is 0 Å². The van der Waals surface area contributed by atoms with Crippen LogP contribution in [0.5, 0.6) is 0 Å². The zero-order valence-electron chi connectivity index (χ0n) is 10.4. The van der Waals surface area contributed by atoms with E-state index in [4.69, 9.17) is 5.73 Å². The van der Waals surface area contributed by atoms with Crippen LogP contribution >= 0.6 is 0 Å². The van der Waals surface area contributed by atoms with Crippen LogP contribution in [0.25, 0.3) is 0 Å². The highest BCUT2D eigenvalue weighted by molar-refractivity contribution is 4.74. The van der Waals surface area contributed by atoms with E-state index in [1.54, 1.807) is 0 Å². The molecule has 0 unspecified atom stereocenters. The molecule has 0 aliphatic carbocycles. The van der Waals surface area contributed by atoms with E-state index in [-0.39, 0.29) is 0 Å². The Morgan fingerprint density at radius 2 is 1.80 bits per heavy atom. The van der Waals surface area contributed by atoms with Gasteiger partial charge in [0.25, 0.3) is 0 Å². The first-order chi connectivity index (χ1) is 7.26. The Hall–Kier alpha value is -0.120. The largest absolute Gasteiger partial charge is 0.328 e. The van der Waals surface area contributed by atoms with Gasteiger partial charge in [-0.15, -0.1) is 0 Å². The summed E-state index contributed by atoms with van der Waals surface area (Å²) in [5.74, 6) is 0. The molecule has 0 aromatic rings. The highest BCUT2D eigenvalue weighted by Crippen LogP contribution is 2.08. The molecule has 3 heteroatoms. The summed E-state index contributed by atoms with van der Waals surface area (Å²) in [5.41, 5.74) is 5.88. The smallest absolute Gasteiger partial charge is 0.00631 e. The van der Waals surface area contributed by atoms with Crippen LogP contribution in [0.1, 0.15) is 33.1 Å². The van der Waals surface area contributed by atoms with Crippen LogP contribution < -0.4 is 5.73 Å². The summed E-state index contributed by atoms with van der Waals surface area (Å²) in [7, 11) is 0. The third kappa shape index (κ3) is 4.96. The van der Waals surface area contributed by atoms with Gasteiger partial charge in [-0.3, -0.25) is 0 Å². The molecule has 15 heavy (non-hydrogen) atoms. The molecule has 0 bridgehead atoms. The lowest BCUT2D eigenvalue weighted by Gasteiger charge is -2.30. The predicted octanol–water partition coefficient (Wildman–Crippen LogP) is 1.14. The SMILES string of the molecule is CCN(CC)CCCN1CCC(N)CC1. The quantitative estimate of drug-likeness (QED) is 0.718. The molecule has 1 aliphatic heterocycles. The van der Waals surface area contributed by atoms with Crippen molar-refractivity contribution in [1.29, 1.82) is 0 Å². The van der Waals surface area contributed by atoms with Gasteiger partial charge in [0, 0.05) is 6.04 Å². The van der Waals surface area contributed by atoms with Crippen molar-refractivity contribution in [3.8, 4) is 0 Å². The molecule has 0 spiro atoms. The Morgan fingerprint density at radius 1 is 1.20 bits per heavy atom. The van der Waals surface area contributed by atoms with E-state index >= 15 is 0 Å². The number of likely N-dealkylation sites (tertiary alicyclic amines) is 1. The second-order valence-electron chi connectivity index (χ2n) is 4.56. The summed E-state index contributed by atoms with van der Waals surface area (Å²) in [6.45, 7) is 11.8. The average Bonchev–Trinajstić information content (AvgIpc) is 2.27. The second kappa shape index (κ2) is 7.20. The van der Waals surface area contributed by atoms with Gasteiger partial charge in [-0.2, -0.15) is 0 Å². The lowest BCUT2D eigenvalue weighted by molar-refractivity contribution is 0.196. The number of nitrogens with zero attached hydrogens (tertiary/aromatic N) is 2. The Morgan fingerprint density at radius 3 is 2.33 bits per heavy atom. The third-order valence-corrected chi connectivity index (χ3v) is 3.48. The zero-order chi connectivity index (χ0) is 11.1. The molecule has 1 rings (SSSR count). The summed E-state index contributed by atoms with van der Waals surface area (Å²) in [6.07, 6.45) is 3.67. The minimum atomic E-state index is 0.462. The Balaban J connectivity index is 2.04. The lowest BCUT2D eigenvalue weighted by Crippen LogP contribution is -2.40. The molecule has 0 amide bonds. The molecule has 0 aromatic heterocycles. The first-order valence-electron chi connectivity index (χ1n) is 6.46. The maximum Gasteiger partial charge on any atom is 0.00631 e. The minimum Gasteiger partial charge on any atom is -0.328 e. The standard InChI is InChI=1S/C12H27N3/c1-3-14(4-2)8-5-9-15-10-6-12(13)7-11-15/h12H,3-11,13H2,1-2H3. The van der Waals surface area contributed by atoms with Crippen molar-refractivity contribution >= 4 is 0 Å². The van der Waals surface area contributed by atoms with Crippen molar-refractivity contribution in [1.82, 2.24) is 9.80 Å². The summed E-state index contributed by atoms with van der Waals surface area (Å²) in [4.78, 5) is 5.06. The van der Waals surface area contributed by atoms with Crippen molar-refractivity contribution in [3.05, 3.63) is 0 Å². The van der Waals surface area contributed by atoms with Crippen molar-refractivity contribution in [3.63, 3.8) is 0 Å². The number of hydrogen-bond donors (Lipinski definition) is 1. The first-order valence-corrected chi connectivity index (χ1v) is 6.46. The highest BCUT2D eigenvalue weighted by atomic mass is 15.1. The van der Waals surface area contributed by atoms with Gasteiger partial charge in [0.1, 0.15) is 0 Å². The summed E-state index contributed by atoms with van der Waals surface area (Å²) in [5, 5.41) is 0. The maximum absolute atomic E-state index is 5.88. The van der Waals surface area contributed by atoms with E-state index in [9.17, 15) is 0 Å². The van der Waals surface area contributed by atoms with Crippen LogP contribution in [-0.4, -0.2) is 55.1 Å². The molecule has 3 nitrogen and oxygen atoms in total. The van der Waals surface area contributed by atoms with Gasteiger partial charge in [0.05, 0.1) is 0 Å². The summed E-state index contributed by atoms with van der Waals surface area (Å²) >= 11 is 0. The molecule has 1 fully saturated rings. The molecule has 1 aliphatic rings. The van der Waals surface area contributed by atoms with Gasteiger partial charge < -0.3 is 15.5 Å². The minimum absolute atomic E-state index is 0.462.